The summed E-state index contributed by atoms with van der Waals surface area (Å²) in [5.41, 5.74) is 0. The summed E-state index contributed by atoms with van der Waals surface area (Å²) >= 11 is 0. The Morgan fingerprint density at radius 3 is 3.13 bits per heavy atom. The molecule has 0 bridgehead atoms. The van der Waals surface area contributed by atoms with Crippen molar-refractivity contribution >= 4 is 5.96 Å². The maximum atomic E-state index is 5.74. The molecule has 0 amide bonds. The molecule has 7 heteroatoms. The van der Waals surface area contributed by atoms with E-state index in [0.717, 1.165) is 58.3 Å². The van der Waals surface area contributed by atoms with Gasteiger partial charge in [-0.05, 0) is 24.8 Å². The van der Waals surface area contributed by atoms with Gasteiger partial charge in [0.1, 0.15) is 0 Å². The molecule has 0 spiro atoms. The first-order valence-corrected chi connectivity index (χ1v) is 8.39. The predicted octanol–water partition coefficient (Wildman–Crippen LogP) is 0.880. The molecular formula is C16H29N5O2. The first kappa shape index (κ1) is 17.7. The van der Waals surface area contributed by atoms with E-state index < -0.39 is 0 Å². The predicted molar refractivity (Wildman–Crippen MR) is 90.5 cm³/mol. The fourth-order valence-electron chi connectivity index (χ4n) is 2.46. The van der Waals surface area contributed by atoms with E-state index in [1.807, 2.05) is 16.9 Å². The fourth-order valence-corrected chi connectivity index (χ4v) is 2.46. The number of hydrogen-bond donors (Lipinski definition) is 2. The number of nitrogens with one attached hydrogen (secondary N) is 2. The van der Waals surface area contributed by atoms with E-state index in [2.05, 4.69) is 27.6 Å². The first-order valence-electron chi connectivity index (χ1n) is 8.39. The van der Waals surface area contributed by atoms with Gasteiger partial charge in [-0.2, -0.15) is 5.10 Å². The zero-order valence-corrected chi connectivity index (χ0v) is 14.2. The van der Waals surface area contributed by atoms with Gasteiger partial charge in [0, 0.05) is 52.3 Å². The van der Waals surface area contributed by atoms with Crippen LogP contribution in [0.15, 0.2) is 23.5 Å². The summed E-state index contributed by atoms with van der Waals surface area (Å²) in [7, 11) is 1.79. The molecule has 1 aliphatic heterocycles. The van der Waals surface area contributed by atoms with Crippen LogP contribution in [0, 0.1) is 5.92 Å². The van der Waals surface area contributed by atoms with Crippen molar-refractivity contribution in [1.29, 1.82) is 0 Å². The zero-order valence-electron chi connectivity index (χ0n) is 14.2. The Morgan fingerprint density at radius 2 is 2.43 bits per heavy atom. The van der Waals surface area contributed by atoms with E-state index >= 15 is 0 Å². The zero-order chi connectivity index (χ0) is 16.3. The van der Waals surface area contributed by atoms with Crippen LogP contribution in [0.3, 0.4) is 0 Å². The minimum atomic E-state index is 0.288. The standard InChI is InChI=1S/C16H29N5O2/c1-14(12-21-8-3-7-20-21)11-19-16(17-2)18-6-4-9-23-15-5-10-22-13-15/h3,7-8,14-15H,4-6,9-13H2,1-2H3,(H2,17,18,19). The number of guanidine groups is 1. The Balaban J connectivity index is 1.52. The number of aliphatic imine (C=N–C) groups is 1. The topological polar surface area (TPSA) is 72.7 Å². The lowest BCUT2D eigenvalue weighted by Gasteiger charge is -2.16. The third-order valence-corrected chi connectivity index (χ3v) is 3.75. The summed E-state index contributed by atoms with van der Waals surface area (Å²) in [4.78, 5) is 4.24. The van der Waals surface area contributed by atoms with E-state index in [1.54, 1.807) is 13.2 Å². The lowest BCUT2D eigenvalue weighted by atomic mass is 10.2. The lowest BCUT2D eigenvalue weighted by molar-refractivity contribution is 0.0420. The molecule has 23 heavy (non-hydrogen) atoms. The third kappa shape index (κ3) is 7.00. The highest BCUT2D eigenvalue weighted by atomic mass is 16.5. The van der Waals surface area contributed by atoms with Crippen LogP contribution in [-0.2, 0) is 16.0 Å². The van der Waals surface area contributed by atoms with Gasteiger partial charge in [0.15, 0.2) is 5.96 Å². The Kier molecular flexibility index (Phi) is 7.89. The minimum Gasteiger partial charge on any atom is -0.379 e. The van der Waals surface area contributed by atoms with Crippen molar-refractivity contribution in [2.24, 2.45) is 10.9 Å². The SMILES string of the molecule is CN=C(NCCCOC1CCOC1)NCC(C)Cn1cccn1. The highest BCUT2D eigenvalue weighted by Gasteiger charge is 2.15. The average molecular weight is 323 g/mol. The second-order valence-corrected chi connectivity index (χ2v) is 5.92. The molecule has 0 radical (unpaired) electrons. The van der Waals surface area contributed by atoms with Gasteiger partial charge in [0.2, 0.25) is 0 Å². The van der Waals surface area contributed by atoms with Crippen molar-refractivity contribution in [3.8, 4) is 0 Å². The van der Waals surface area contributed by atoms with Gasteiger partial charge in [-0.15, -0.1) is 0 Å². The van der Waals surface area contributed by atoms with Crippen LogP contribution in [0.2, 0.25) is 0 Å². The van der Waals surface area contributed by atoms with Crippen LogP contribution in [0.1, 0.15) is 19.8 Å². The van der Waals surface area contributed by atoms with Gasteiger partial charge in [-0.1, -0.05) is 6.92 Å². The van der Waals surface area contributed by atoms with Crippen LogP contribution in [-0.4, -0.2) is 61.8 Å². The number of hydrogen-bond acceptors (Lipinski definition) is 4. The van der Waals surface area contributed by atoms with E-state index in [-0.39, 0.29) is 6.10 Å². The molecule has 1 saturated heterocycles. The second kappa shape index (κ2) is 10.2. The molecule has 2 heterocycles. The molecule has 2 N–H and O–H groups in total. The Hall–Kier alpha value is -1.60. The van der Waals surface area contributed by atoms with Gasteiger partial charge in [0.05, 0.1) is 12.7 Å². The fraction of sp³-hybridized carbons (Fsp3) is 0.750. The summed E-state index contributed by atoms with van der Waals surface area (Å²) in [5, 5.41) is 10.9. The molecule has 2 atom stereocenters. The molecule has 1 aromatic rings. The normalized spacial score (nSPS) is 19.7. The summed E-state index contributed by atoms with van der Waals surface area (Å²) in [5.74, 6) is 1.31. The van der Waals surface area contributed by atoms with E-state index in [9.17, 15) is 0 Å². The van der Waals surface area contributed by atoms with Crippen LogP contribution in [0.25, 0.3) is 0 Å². The van der Waals surface area contributed by atoms with Gasteiger partial charge >= 0.3 is 0 Å². The minimum absolute atomic E-state index is 0.288. The Morgan fingerprint density at radius 1 is 1.52 bits per heavy atom. The van der Waals surface area contributed by atoms with Crippen molar-refractivity contribution in [2.75, 3.05) is 40.0 Å². The highest BCUT2D eigenvalue weighted by molar-refractivity contribution is 5.79. The molecule has 130 valence electrons. The van der Waals surface area contributed by atoms with E-state index in [4.69, 9.17) is 9.47 Å². The number of ether oxygens (including phenoxy) is 2. The van der Waals surface area contributed by atoms with Crippen LogP contribution >= 0.6 is 0 Å². The molecule has 1 aromatic heterocycles. The Bertz CT molecular complexity index is 443. The second-order valence-electron chi connectivity index (χ2n) is 5.92. The molecule has 1 aliphatic rings. The smallest absolute Gasteiger partial charge is 0.190 e. The molecule has 0 aromatic carbocycles. The Labute approximate surface area is 138 Å². The molecule has 7 nitrogen and oxygen atoms in total. The third-order valence-electron chi connectivity index (χ3n) is 3.75. The monoisotopic (exact) mass is 323 g/mol. The van der Waals surface area contributed by atoms with Crippen molar-refractivity contribution in [3.05, 3.63) is 18.5 Å². The molecular weight excluding hydrogens is 294 g/mol. The van der Waals surface area contributed by atoms with Crippen molar-refractivity contribution < 1.29 is 9.47 Å². The summed E-state index contributed by atoms with van der Waals surface area (Å²) in [6.07, 6.45) is 6.06. The number of aromatic nitrogens is 2. The van der Waals surface area contributed by atoms with Gasteiger partial charge in [-0.3, -0.25) is 9.67 Å². The summed E-state index contributed by atoms with van der Waals surface area (Å²) in [6.45, 7) is 7.12. The summed E-state index contributed by atoms with van der Waals surface area (Å²) in [6, 6.07) is 1.94. The van der Waals surface area contributed by atoms with Gasteiger partial charge in [-0.25, -0.2) is 0 Å². The maximum absolute atomic E-state index is 5.74. The van der Waals surface area contributed by atoms with E-state index in [1.165, 1.54) is 0 Å². The molecule has 2 rings (SSSR count). The molecule has 0 aliphatic carbocycles. The first-order chi connectivity index (χ1) is 11.3. The lowest BCUT2D eigenvalue weighted by Crippen LogP contribution is -2.40. The van der Waals surface area contributed by atoms with Gasteiger partial charge < -0.3 is 20.1 Å². The largest absolute Gasteiger partial charge is 0.379 e. The highest BCUT2D eigenvalue weighted by Crippen LogP contribution is 2.07. The van der Waals surface area contributed by atoms with E-state index in [0.29, 0.717) is 5.92 Å². The number of rotatable bonds is 9. The maximum Gasteiger partial charge on any atom is 0.190 e. The summed E-state index contributed by atoms with van der Waals surface area (Å²) < 4.78 is 13.0. The molecule has 2 unspecified atom stereocenters. The molecule has 1 fully saturated rings. The van der Waals surface area contributed by atoms with Gasteiger partial charge in [0.25, 0.3) is 0 Å². The quantitative estimate of drug-likeness (QED) is 0.401. The van der Waals surface area contributed by atoms with Crippen LogP contribution in [0.5, 0.6) is 0 Å². The number of nitrogens with zero attached hydrogens (tertiary/aromatic N) is 3. The average Bonchev–Trinajstić information content (AvgIpc) is 3.23. The van der Waals surface area contributed by atoms with Crippen molar-refractivity contribution in [1.82, 2.24) is 20.4 Å². The van der Waals surface area contributed by atoms with Crippen LogP contribution < -0.4 is 10.6 Å². The molecule has 0 saturated carbocycles. The van der Waals surface area contributed by atoms with Crippen molar-refractivity contribution in [2.45, 2.75) is 32.4 Å². The van der Waals surface area contributed by atoms with Crippen LogP contribution in [0.4, 0.5) is 0 Å². The van der Waals surface area contributed by atoms with Crippen molar-refractivity contribution in [3.63, 3.8) is 0 Å².